The van der Waals surface area contributed by atoms with Gasteiger partial charge >= 0.3 is 0 Å². The van der Waals surface area contributed by atoms with E-state index in [1.54, 1.807) is 0 Å². The largest absolute Gasteiger partial charge is 0.392 e. The topological polar surface area (TPSA) is 43.7 Å². The standard InChI is InChI=1S/C15H23NO2/c1-12-5-2-3-7-14(12)15(18)8-10-16-9-4-6-13(17)11-16/h2-3,5,7,13,15,17-18H,4,6,8-11H2,1H3. The van der Waals surface area contributed by atoms with E-state index in [-0.39, 0.29) is 6.10 Å². The van der Waals surface area contributed by atoms with Crippen LogP contribution in [-0.4, -0.2) is 40.9 Å². The van der Waals surface area contributed by atoms with Crippen molar-refractivity contribution in [2.24, 2.45) is 0 Å². The van der Waals surface area contributed by atoms with Crippen LogP contribution in [0.3, 0.4) is 0 Å². The monoisotopic (exact) mass is 249 g/mol. The molecule has 0 aromatic heterocycles. The molecule has 2 N–H and O–H groups in total. The molecular formula is C15H23NO2. The Bertz CT molecular complexity index is 381. The van der Waals surface area contributed by atoms with Crippen LogP contribution in [-0.2, 0) is 0 Å². The number of likely N-dealkylation sites (tertiary alicyclic amines) is 1. The highest BCUT2D eigenvalue weighted by Gasteiger charge is 2.18. The van der Waals surface area contributed by atoms with Crippen LogP contribution in [0.1, 0.15) is 36.5 Å². The zero-order chi connectivity index (χ0) is 13.0. The quantitative estimate of drug-likeness (QED) is 0.856. The third kappa shape index (κ3) is 3.55. The number of benzene rings is 1. The van der Waals surface area contributed by atoms with Crippen LogP contribution >= 0.6 is 0 Å². The first-order valence-corrected chi connectivity index (χ1v) is 6.81. The predicted molar refractivity (Wildman–Crippen MR) is 72.4 cm³/mol. The fourth-order valence-corrected chi connectivity index (χ4v) is 2.66. The first-order valence-electron chi connectivity index (χ1n) is 6.81. The maximum Gasteiger partial charge on any atom is 0.0804 e. The Morgan fingerprint density at radius 2 is 2.17 bits per heavy atom. The van der Waals surface area contributed by atoms with E-state index in [0.29, 0.717) is 0 Å². The summed E-state index contributed by atoms with van der Waals surface area (Å²) < 4.78 is 0. The average Bonchev–Trinajstić information content (AvgIpc) is 2.37. The molecule has 0 aliphatic carbocycles. The van der Waals surface area contributed by atoms with Gasteiger partial charge in [-0.3, -0.25) is 0 Å². The van der Waals surface area contributed by atoms with Crippen LogP contribution < -0.4 is 0 Å². The van der Waals surface area contributed by atoms with Gasteiger partial charge in [0.15, 0.2) is 0 Å². The zero-order valence-electron chi connectivity index (χ0n) is 11.0. The normalized spacial score (nSPS) is 22.9. The summed E-state index contributed by atoms with van der Waals surface area (Å²) in [5.41, 5.74) is 2.17. The SMILES string of the molecule is Cc1ccccc1C(O)CCN1CCCC(O)C1. The lowest BCUT2D eigenvalue weighted by Gasteiger charge is -2.30. The Balaban J connectivity index is 1.84. The Hall–Kier alpha value is -0.900. The molecule has 0 spiro atoms. The summed E-state index contributed by atoms with van der Waals surface area (Å²) in [4.78, 5) is 2.25. The van der Waals surface area contributed by atoms with Crippen LogP contribution in [0.15, 0.2) is 24.3 Å². The summed E-state index contributed by atoms with van der Waals surface area (Å²) in [6.07, 6.45) is 2.12. The summed E-state index contributed by atoms with van der Waals surface area (Å²) >= 11 is 0. The van der Waals surface area contributed by atoms with E-state index >= 15 is 0 Å². The minimum atomic E-state index is -0.398. The molecule has 1 heterocycles. The second-order valence-electron chi connectivity index (χ2n) is 5.26. The molecule has 1 aromatic carbocycles. The summed E-state index contributed by atoms with van der Waals surface area (Å²) in [5, 5.41) is 19.8. The highest BCUT2D eigenvalue weighted by atomic mass is 16.3. The van der Waals surface area contributed by atoms with Crippen molar-refractivity contribution in [2.75, 3.05) is 19.6 Å². The number of β-amino-alcohol motifs (C(OH)–C–C–N with tert-alkyl or cyclic N) is 1. The Kier molecular flexibility index (Phi) is 4.75. The van der Waals surface area contributed by atoms with E-state index in [4.69, 9.17) is 0 Å². The Morgan fingerprint density at radius 1 is 1.39 bits per heavy atom. The number of aliphatic hydroxyl groups excluding tert-OH is 2. The number of aliphatic hydroxyl groups is 2. The minimum Gasteiger partial charge on any atom is -0.392 e. The molecular weight excluding hydrogens is 226 g/mol. The minimum absolute atomic E-state index is 0.186. The van der Waals surface area contributed by atoms with Crippen molar-refractivity contribution in [3.63, 3.8) is 0 Å². The zero-order valence-corrected chi connectivity index (χ0v) is 11.0. The molecule has 1 aliphatic rings. The Morgan fingerprint density at radius 3 is 2.89 bits per heavy atom. The van der Waals surface area contributed by atoms with Crippen molar-refractivity contribution in [3.05, 3.63) is 35.4 Å². The molecule has 0 saturated carbocycles. The van der Waals surface area contributed by atoms with Crippen molar-refractivity contribution < 1.29 is 10.2 Å². The molecule has 2 unspecified atom stereocenters. The predicted octanol–water partition coefficient (Wildman–Crippen LogP) is 1.88. The average molecular weight is 249 g/mol. The van der Waals surface area contributed by atoms with Crippen LogP contribution in [0.5, 0.6) is 0 Å². The van der Waals surface area contributed by atoms with E-state index in [0.717, 1.165) is 50.0 Å². The summed E-state index contributed by atoms with van der Waals surface area (Å²) in [6, 6.07) is 7.98. The number of hydrogen-bond acceptors (Lipinski definition) is 3. The highest BCUT2D eigenvalue weighted by Crippen LogP contribution is 2.21. The lowest BCUT2D eigenvalue weighted by Crippen LogP contribution is -2.39. The van der Waals surface area contributed by atoms with Gasteiger partial charge in [0.1, 0.15) is 0 Å². The lowest BCUT2D eigenvalue weighted by molar-refractivity contribution is 0.0590. The number of hydrogen-bond donors (Lipinski definition) is 2. The van der Waals surface area contributed by atoms with E-state index in [9.17, 15) is 10.2 Å². The van der Waals surface area contributed by atoms with Gasteiger partial charge in [-0.2, -0.15) is 0 Å². The van der Waals surface area contributed by atoms with Gasteiger partial charge in [0.25, 0.3) is 0 Å². The van der Waals surface area contributed by atoms with Gasteiger partial charge in [-0.05, 0) is 43.9 Å². The maximum atomic E-state index is 10.2. The van der Waals surface area contributed by atoms with Gasteiger partial charge in [0.2, 0.25) is 0 Å². The number of nitrogens with zero attached hydrogens (tertiary/aromatic N) is 1. The van der Waals surface area contributed by atoms with Crippen molar-refractivity contribution in [1.29, 1.82) is 0 Å². The molecule has 1 fully saturated rings. The van der Waals surface area contributed by atoms with E-state index in [1.807, 2.05) is 31.2 Å². The smallest absolute Gasteiger partial charge is 0.0804 e. The van der Waals surface area contributed by atoms with Gasteiger partial charge < -0.3 is 15.1 Å². The molecule has 0 amide bonds. The molecule has 1 aromatic rings. The van der Waals surface area contributed by atoms with Crippen LogP contribution in [0.2, 0.25) is 0 Å². The summed E-state index contributed by atoms with van der Waals surface area (Å²) in [6.45, 7) is 4.67. The van der Waals surface area contributed by atoms with Crippen molar-refractivity contribution in [2.45, 2.75) is 38.4 Å². The highest BCUT2D eigenvalue weighted by molar-refractivity contribution is 5.27. The van der Waals surface area contributed by atoms with Gasteiger partial charge in [-0.1, -0.05) is 24.3 Å². The number of rotatable bonds is 4. The Labute approximate surface area is 109 Å². The van der Waals surface area contributed by atoms with Gasteiger partial charge in [-0.25, -0.2) is 0 Å². The maximum absolute atomic E-state index is 10.2. The molecule has 0 bridgehead atoms. The van der Waals surface area contributed by atoms with Crippen LogP contribution in [0.4, 0.5) is 0 Å². The third-order valence-electron chi connectivity index (χ3n) is 3.75. The molecule has 100 valence electrons. The molecule has 1 saturated heterocycles. The van der Waals surface area contributed by atoms with Gasteiger partial charge in [-0.15, -0.1) is 0 Å². The number of aryl methyl sites for hydroxylation is 1. The fraction of sp³-hybridized carbons (Fsp3) is 0.600. The molecule has 3 heteroatoms. The van der Waals surface area contributed by atoms with Gasteiger partial charge in [0.05, 0.1) is 12.2 Å². The van der Waals surface area contributed by atoms with Crippen molar-refractivity contribution in [1.82, 2.24) is 4.90 Å². The van der Waals surface area contributed by atoms with Crippen LogP contribution in [0, 0.1) is 6.92 Å². The lowest BCUT2D eigenvalue weighted by atomic mass is 10.0. The molecule has 3 nitrogen and oxygen atoms in total. The molecule has 2 atom stereocenters. The number of piperidine rings is 1. The van der Waals surface area contributed by atoms with Crippen LogP contribution in [0.25, 0.3) is 0 Å². The van der Waals surface area contributed by atoms with Crippen molar-refractivity contribution >= 4 is 0 Å². The second kappa shape index (κ2) is 6.32. The summed E-state index contributed by atoms with van der Waals surface area (Å²) in [7, 11) is 0. The molecule has 2 rings (SSSR count). The summed E-state index contributed by atoms with van der Waals surface area (Å²) in [5.74, 6) is 0. The first kappa shape index (κ1) is 13.5. The van der Waals surface area contributed by atoms with E-state index < -0.39 is 6.10 Å². The van der Waals surface area contributed by atoms with Gasteiger partial charge in [0, 0.05) is 13.1 Å². The van der Waals surface area contributed by atoms with E-state index in [1.165, 1.54) is 0 Å². The third-order valence-corrected chi connectivity index (χ3v) is 3.75. The van der Waals surface area contributed by atoms with E-state index in [2.05, 4.69) is 4.90 Å². The molecule has 18 heavy (non-hydrogen) atoms. The van der Waals surface area contributed by atoms with Crippen molar-refractivity contribution in [3.8, 4) is 0 Å². The molecule has 1 aliphatic heterocycles. The first-order chi connectivity index (χ1) is 8.66. The second-order valence-corrected chi connectivity index (χ2v) is 5.26. The fourth-order valence-electron chi connectivity index (χ4n) is 2.66. The molecule has 0 radical (unpaired) electrons.